The summed E-state index contributed by atoms with van der Waals surface area (Å²) < 4.78 is 7.12. The summed E-state index contributed by atoms with van der Waals surface area (Å²) in [6.07, 6.45) is 4.51. The number of nitrogens with zero attached hydrogens (tertiary/aromatic N) is 4. The van der Waals surface area contributed by atoms with Gasteiger partial charge < -0.3 is 19.3 Å². The van der Waals surface area contributed by atoms with E-state index in [-0.39, 0.29) is 17.8 Å². The Morgan fingerprint density at radius 2 is 2.10 bits per heavy atom. The van der Waals surface area contributed by atoms with Gasteiger partial charge in [0, 0.05) is 39.2 Å². The van der Waals surface area contributed by atoms with Crippen molar-refractivity contribution in [1.82, 2.24) is 9.97 Å². The molecule has 0 unspecified atom stereocenters. The largest absolute Gasteiger partial charge is 0.489 e. The second kappa shape index (κ2) is 10.2. The lowest BCUT2D eigenvalue weighted by molar-refractivity contribution is -0.117. The molecule has 6 nitrogen and oxygen atoms in total. The van der Waals surface area contributed by atoms with Crippen LogP contribution in [-0.4, -0.2) is 48.5 Å². The molecule has 1 aliphatic heterocycles. The Kier molecular flexibility index (Phi) is 7.69. The van der Waals surface area contributed by atoms with Crippen molar-refractivity contribution >= 4 is 33.5 Å². The monoisotopic (exact) mass is 474 g/mol. The molecule has 1 aromatic carbocycles. The SMILES string of the molecule is CCCN(C)c1ncc(Br)c(N2CC[C@@H](Oc3ccc([C@H](C)CC(C)=O)cc3)C2)n1. The first-order valence-electron chi connectivity index (χ1n) is 10.6. The van der Waals surface area contributed by atoms with Gasteiger partial charge in [-0.15, -0.1) is 0 Å². The Labute approximate surface area is 187 Å². The molecule has 2 aromatic rings. The Balaban J connectivity index is 1.62. The van der Waals surface area contributed by atoms with E-state index >= 15 is 0 Å². The second-order valence-corrected chi connectivity index (χ2v) is 8.97. The van der Waals surface area contributed by atoms with Crippen molar-refractivity contribution in [2.45, 2.75) is 52.1 Å². The molecule has 0 amide bonds. The normalized spacial score (nSPS) is 17.1. The zero-order chi connectivity index (χ0) is 21.7. The molecule has 0 N–H and O–H groups in total. The van der Waals surface area contributed by atoms with Crippen LogP contribution in [0.15, 0.2) is 34.9 Å². The van der Waals surface area contributed by atoms with E-state index in [2.05, 4.69) is 56.7 Å². The van der Waals surface area contributed by atoms with Gasteiger partial charge in [-0.25, -0.2) is 4.98 Å². The van der Waals surface area contributed by atoms with Gasteiger partial charge in [0.05, 0.1) is 11.0 Å². The van der Waals surface area contributed by atoms with Gasteiger partial charge in [0.15, 0.2) is 0 Å². The molecule has 2 atom stereocenters. The summed E-state index contributed by atoms with van der Waals surface area (Å²) in [5.74, 6) is 2.98. The lowest BCUT2D eigenvalue weighted by Crippen LogP contribution is -2.27. The van der Waals surface area contributed by atoms with Crippen molar-refractivity contribution in [2.24, 2.45) is 0 Å². The van der Waals surface area contributed by atoms with Gasteiger partial charge >= 0.3 is 0 Å². The van der Waals surface area contributed by atoms with E-state index < -0.39 is 0 Å². The van der Waals surface area contributed by atoms with Crippen LogP contribution in [0.5, 0.6) is 5.75 Å². The lowest BCUT2D eigenvalue weighted by atomic mass is 9.96. The Hall–Kier alpha value is -2.15. The second-order valence-electron chi connectivity index (χ2n) is 8.11. The van der Waals surface area contributed by atoms with Crippen molar-refractivity contribution in [3.05, 3.63) is 40.5 Å². The van der Waals surface area contributed by atoms with E-state index in [0.29, 0.717) is 6.42 Å². The highest BCUT2D eigenvalue weighted by atomic mass is 79.9. The van der Waals surface area contributed by atoms with Crippen LogP contribution in [0.4, 0.5) is 11.8 Å². The zero-order valence-corrected chi connectivity index (χ0v) is 19.9. The molecule has 1 fully saturated rings. The fraction of sp³-hybridized carbons (Fsp3) is 0.522. The number of anilines is 2. The van der Waals surface area contributed by atoms with Crippen molar-refractivity contribution in [3.63, 3.8) is 0 Å². The number of ketones is 1. The van der Waals surface area contributed by atoms with Crippen LogP contribution >= 0.6 is 15.9 Å². The first-order valence-corrected chi connectivity index (χ1v) is 11.4. The van der Waals surface area contributed by atoms with E-state index in [4.69, 9.17) is 9.72 Å². The van der Waals surface area contributed by atoms with Crippen molar-refractivity contribution in [1.29, 1.82) is 0 Å². The molecule has 0 spiro atoms. The maximum Gasteiger partial charge on any atom is 0.227 e. The summed E-state index contributed by atoms with van der Waals surface area (Å²) in [5.41, 5.74) is 1.17. The number of Topliss-reactive ketones (excluding diaryl/α,β-unsaturated/α-hetero) is 1. The Bertz CT molecular complexity index is 859. The molecule has 162 valence electrons. The summed E-state index contributed by atoms with van der Waals surface area (Å²) >= 11 is 3.60. The van der Waals surface area contributed by atoms with Crippen molar-refractivity contribution in [2.75, 3.05) is 36.5 Å². The number of rotatable bonds is 9. The first-order chi connectivity index (χ1) is 14.4. The molecule has 1 aromatic heterocycles. The molecule has 30 heavy (non-hydrogen) atoms. The van der Waals surface area contributed by atoms with Crippen LogP contribution in [0.3, 0.4) is 0 Å². The van der Waals surface area contributed by atoms with E-state index in [1.807, 2.05) is 25.4 Å². The predicted molar refractivity (Wildman–Crippen MR) is 125 cm³/mol. The molecule has 0 aliphatic carbocycles. The fourth-order valence-corrected chi connectivity index (χ4v) is 4.27. The number of hydrogen-bond acceptors (Lipinski definition) is 6. The van der Waals surface area contributed by atoms with E-state index in [1.54, 1.807) is 6.92 Å². The van der Waals surface area contributed by atoms with Gasteiger partial charge in [0.2, 0.25) is 5.95 Å². The fourth-order valence-electron chi connectivity index (χ4n) is 3.82. The minimum Gasteiger partial charge on any atom is -0.489 e. The smallest absolute Gasteiger partial charge is 0.227 e. The Morgan fingerprint density at radius 3 is 2.77 bits per heavy atom. The Morgan fingerprint density at radius 1 is 1.37 bits per heavy atom. The lowest BCUT2D eigenvalue weighted by Gasteiger charge is -2.22. The van der Waals surface area contributed by atoms with E-state index in [9.17, 15) is 4.79 Å². The minimum absolute atomic E-state index is 0.115. The number of carbonyl (C=O) groups is 1. The van der Waals surface area contributed by atoms with Gasteiger partial charge in [-0.2, -0.15) is 4.98 Å². The number of benzene rings is 1. The molecule has 1 aliphatic rings. The molecule has 3 rings (SSSR count). The molecule has 0 bridgehead atoms. The standard InChI is InChI=1S/C23H31BrN4O2/c1-5-11-27(4)23-25-14-21(24)22(26-23)28-12-10-20(15-28)30-19-8-6-18(7-9-19)16(2)13-17(3)29/h6-9,14,16,20H,5,10-13,15H2,1-4H3/t16-,20-/m1/s1. The van der Waals surface area contributed by atoms with Crippen LogP contribution in [0.2, 0.25) is 0 Å². The van der Waals surface area contributed by atoms with Crippen LogP contribution in [0.1, 0.15) is 51.5 Å². The van der Waals surface area contributed by atoms with Crippen molar-refractivity contribution in [3.8, 4) is 5.75 Å². The topological polar surface area (TPSA) is 58.6 Å². The van der Waals surface area contributed by atoms with Gasteiger partial charge in [-0.3, -0.25) is 0 Å². The molecular weight excluding hydrogens is 444 g/mol. The molecule has 0 saturated carbocycles. The van der Waals surface area contributed by atoms with Crippen LogP contribution < -0.4 is 14.5 Å². The van der Waals surface area contributed by atoms with Gasteiger partial charge in [-0.1, -0.05) is 26.0 Å². The summed E-state index contributed by atoms with van der Waals surface area (Å²) in [6, 6.07) is 8.14. The highest BCUT2D eigenvalue weighted by Gasteiger charge is 2.27. The third kappa shape index (κ3) is 5.72. The number of aromatic nitrogens is 2. The van der Waals surface area contributed by atoms with Crippen LogP contribution in [-0.2, 0) is 4.79 Å². The summed E-state index contributed by atoms with van der Waals surface area (Å²) in [5, 5.41) is 0. The maximum atomic E-state index is 11.3. The first kappa shape index (κ1) is 22.5. The molecule has 2 heterocycles. The highest BCUT2D eigenvalue weighted by Crippen LogP contribution is 2.30. The highest BCUT2D eigenvalue weighted by molar-refractivity contribution is 9.10. The summed E-state index contributed by atoms with van der Waals surface area (Å²) in [4.78, 5) is 24.9. The third-order valence-electron chi connectivity index (χ3n) is 5.40. The quantitative estimate of drug-likeness (QED) is 0.518. The van der Waals surface area contributed by atoms with Gasteiger partial charge in [-0.05, 0) is 52.9 Å². The van der Waals surface area contributed by atoms with E-state index in [1.165, 1.54) is 5.56 Å². The van der Waals surface area contributed by atoms with Crippen LogP contribution in [0.25, 0.3) is 0 Å². The zero-order valence-electron chi connectivity index (χ0n) is 18.3. The predicted octanol–water partition coefficient (Wildman–Crippen LogP) is 4.83. The number of ether oxygens (including phenoxy) is 1. The molecule has 1 saturated heterocycles. The van der Waals surface area contributed by atoms with Crippen molar-refractivity contribution < 1.29 is 9.53 Å². The average Bonchev–Trinajstić information content (AvgIpc) is 3.16. The van der Waals surface area contributed by atoms with Gasteiger partial charge in [0.25, 0.3) is 0 Å². The summed E-state index contributed by atoms with van der Waals surface area (Å²) in [6.45, 7) is 8.47. The van der Waals surface area contributed by atoms with Crippen LogP contribution in [0, 0.1) is 0 Å². The van der Waals surface area contributed by atoms with E-state index in [0.717, 1.165) is 54.5 Å². The number of hydrogen-bond donors (Lipinski definition) is 0. The average molecular weight is 475 g/mol. The molecular formula is C23H31BrN4O2. The molecule has 7 heteroatoms. The summed E-state index contributed by atoms with van der Waals surface area (Å²) in [7, 11) is 2.02. The number of halogens is 1. The van der Waals surface area contributed by atoms with Gasteiger partial charge in [0.1, 0.15) is 23.5 Å². The third-order valence-corrected chi connectivity index (χ3v) is 5.96. The maximum absolute atomic E-state index is 11.3. The molecule has 0 radical (unpaired) electrons. The minimum atomic E-state index is 0.115. The number of carbonyl (C=O) groups excluding carboxylic acids is 1.